The summed E-state index contributed by atoms with van der Waals surface area (Å²) in [6.45, 7) is 3.37. The molecule has 3 amide bonds. The fourth-order valence-corrected chi connectivity index (χ4v) is 1.86. The van der Waals surface area contributed by atoms with E-state index in [1.165, 1.54) is 0 Å². The minimum absolute atomic E-state index is 0. The molecule has 0 heterocycles. The second-order valence-electron chi connectivity index (χ2n) is 6.57. The van der Waals surface area contributed by atoms with Crippen LogP contribution in [0.25, 0.3) is 0 Å². The Morgan fingerprint density at radius 1 is 0.447 bits per heavy atom. The Labute approximate surface area is 221 Å². The van der Waals surface area contributed by atoms with Crippen LogP contribution in [0.5, 0.6) is 0 Å². The minimum atomic E-state index is -1.35. The second kappa shape index (κ2) is 23.5. The first kappa shape index (κ1) is 44.1. The van der Waals surface area contributed by atoms with Gasteiger partial charge in [-0.2, -0.15) is 19.8 Å². The van der Waals surface area contributed by atoms with Crippen LogP contribution in [0.1, 0.15) is 40.0 Å². The Hall–Kier alpha value is -3.91. The molecule has 0 fully saturated rings. The summed E-state index contributed by atoms with van der Waals surface area (Å²) in [4.78, 5) is 92.2. The summed E-state index contributed by atoms with van der Waals surface area (Å²) in [7, 11) is 0. The van der Waals surface area contributed by atoms with Gasteiger partial charge in [-0.15, -0.1) is 0 Å². The standard InChI is InChI=1S/3C6H9NO5.2H3P/c3*1-3(8)7-4(6(11)12)2-5(9)10;;/h3*4H,2H2,1H3,(H,7,8)(H,9,10)(H,11,12);2*1H3. The highest BCUT2D eigenvalue weighted by atomic mass is 31.0. The zero-order chi connectivity index (χ0) is 29.2. The van der Waals surface area contributed by atoms with Gasteiger partial charge in [-0.05, 0) is 0 Å². The Balaban J connectivity index is -0.000000140. The van der Waals surface area contributed by atoms with Crippen LogP contribution in [0.4, 0.5) is 0 Å². The molecule has 20 heteroatoms. The summed E-state index contributed by atoms with van der Waals surface area (Å²) in [5, 5.41) is 55.8. The molecular formula is C18H33N3O15P2. The number of carboxylic acid groups (broad SMARTS) is 6. The second-order valence-corrected chi connectivity index (χ2v) is 6.57. The number of carbonyl (C=O) groups is 9. The average Bonchev–Trinajstić information content (AvgIpc) is 2.65. The molecule has 0 aliphatic rings. The Morgan fingerprint density at radius 2 is 0.605 bits per heavy atom. The van der Waals surface area contributed by atoms with E-state index in [0.29, 0.717) is 0 Å². The van der Waals surface area contributed by atoms with Crippen molar-refractivity contribution in [1.29, 1.82) is 0 Å². The number of aliphatic carboxylic acids is 6. The van der Waals surface area contributed by atoms with Crippen LogP contribution in [-0.2, 0) is 43.2 Å². The van der Waals surface area contributed by atoms with Gasteiger partial charge in [0.2, 0.25) is 17.7 Å². The van der Waals surface area contributed by atoms with E-state index in [9.17, 15) is 43.2 Å². The molecule has 0 spiro atoms. The fourth-order valence-electron chi connectivity index (χ4n) is 1.86. The van der Waals surface area contributed by atoms with E-state index >= 15 is 0 Å². The number of hydrogen-bond donors (Lipinski definition) is 9. The van der Waals surface area contributed by atoms with Gasteiger partial charge in [0.05, 0.1) is 19.3 Å². The van der Waals surface area contributed by atoms with E-state index in [1.54, 1.807) is 0 Å². The molecule has 0 bridgehead atoms. The number of amides is 3. The van der Waals surface area contributed by atoms with Crippen LogP contribution in [0.3, 0.4) is 0 Å². The number of nitrogens with one attached hydrogen (secondary N) is 3. The van der Waals surface area contributed by atoms with Crippen molar-refractivity contribution >= 4 is 73.3 Å². The van der Waals surface area contributed by atoms with Gasteiger partial charge in [0.15, 0.2) is 0 Å². The average molecular weight is 593 g/mol. The molecule has 38 heavy (non-hydrogen) atoms. The summed E-state index contributed by atoms with van der Waals surface area (Å²) in [6.07, 6.45) is -1.85. The molecule has 220 valence electrons. The fraction of sp³-hybridized carbons (Fsp3) is 0.500. The van der Waals surface area contributed by atoms with Crippen molar-refractivity contribution < 1.29 is 73.8 Å². The first-order valence-corrected chi connectivity index (χ1v) is 9.45. The van der Waals surface area contributed by atoms with Gasteiger partial charge in [-0.25, -0.2) is 14.4 Å². The van der Waals surface area contributed by atoms with Gasteiger partial charge in [-0.1, -0.05) is 0 Å². The summed E-state index contributed by atoms with van der Waals surface area (Å²) >= 11 is 0. The van der Waals surface area contributed by atoms with Gasteiger partial charge in [-0.3, -0.25) is 28.8 Å². The molecule has 0 saturated heterocycles. The molecule has 0 aromatic carbocycles. The summed E-state index contributed by atoms with van der Waals surface area (Å²) in [5.74, 6) is -9.56. The monoisotopic (exact) mass is 593 g/mol. The molecule has 0 saturated carbocycles. The van der Waals surface area contributed by atoms with E-state index in [0.717, 1.165) is 20.8 Å². The SMILES string of the molecule is CC(=O)NC(CC(=O)O)C(=O)O.CC(=O)NC(CC(=O)O)C(=O)O.CC(=O)NC(CC(=O)O)C(=O)O.P.P. The third-order valence-corrected chi connectivity index (χ3v) is 3.16. The van der Waals surface area contributed by atoms with Crippen molar-refractivity contribution in [2.45, 2.75) is 58.2 Å². The largest absolute Gasteiger partial charge is 0.481 e. The number of hydrogen-bond acceptors (Lipinski definition) is 9. The number of carboxylic acids is 6. The van der Waals surface area contributed by atoms with E-state index in [-0.39, 0.29) is 19.8 Å². The predicted octanol–water partition coefficient (Wildman–Crippen LogP) is -2.73. The normalized spacial score (nSPS) is 11.1. The first-order valence-electron chi connectivity index (χ1n) is 9.45. The van der Waals surface area contributed by atoms with Gasteiger partial charge in [0.1, 0.15) is 18.1 Å². The smallest absolute Gasteiger partial charge is 0.326 e. The molecule has 0 radical (unpaired) electrons. The zero-order valence-corrected chi connectivity index (χ0v) is 23.5. The lowest BCUT2D eigenvalue weighted by atomic mass is 10.2. The van der Waals surface area contributed by atoms with Crippen LogP contribution in [-0.4, -0.2) is 102 Å². The molecule has 0 aliphatic heterocycles. The quantitative estimate of drug-likeness (QED) is 0.104. The van der Waals surface area contributed by atoms with Gasteiger partial charge >= 0.3 is 35.8 Å². The maximum Gasteiger partial charge on any atom is 0.326 e. The van der Waals surface area contributed by atoms with E-state index < -0.39 is 90.9 Å². The molecule has 9 N–H and O–H groups in total. The maximum absolute atomic E-state index is 10.4. The van der Waals surface area contributed by atoms with E-state index in [1.807, 2.05) is 16.0 Å². The number of carbonyl (C=O) groups excluding carboxylic acids is 3. The van der Waals surface area contributed by atoms with Crippen molar-refractivity contribution in [2.75, 3.05) is 0 Å². The van der Waals surface area contributed by atoms with Crippen molar-refractivity contribution in [1.82, 2.24) is 16.0 Å². The van der Waals surface area contributed by atoms with Crippen molar-refractivity contribution in [3.05, 3.63) is 0 Å². The molecule has 0 rings (SSSR count). The maximum atomic E-state index is 10.4. The van der Waals surface area contributed by atoms with Gasteiger partial charge in [0.25, 0.3) is 0 Å². The lowest BCUT2D eigenvalue weighted by molar-refractivity contribution is -0.147. The number of rotatable bonds is 12. The third-order valence-electron chi connectivity index (χ3n) is 3.16. The summed E-state index contributed by atoms with van der Waals surface area (Å²) in [6, 6.07) is -4.04. The molecular weight excluding hydrogens is 560 g/mol. The summed E-state index contributed by atoms with van der Waals surface area (Å²) in [5.41, 5.74) is 0. The third kappa shape index (κ3) is 30.1. The summed E-state index contributed by atoms with van der Waals surface area (Å²) < 4.78 is 0. The molecule has 5 atom stereocenters. The minimum Gasteiger partial charge on any atom is -0.481 e. The molecule has 18 nitrogen and oxygen atoms in total. The van der Waals surface area contributed by atoms with Gasteiger partial charge < -0.3 is 46.6 Å². The van der Waals surface area contributed by atoms with Crippen molar-refractivity contribution in [2.24, 2.45) is 0 Å². The van der Waals surface area contributed by atoms with E-state index in [2.05, 4.69) is 0 Å². The molecule has 0 aromatic rings. The van der Waals surface area contributed by atoms with Gasteiger partial charge in [0, 0.05) is 20.8 Å². The van der Waals surface area contributed by atoms with Crippen molar-refractivity contribution in [3.8, 4) is 0 Å². The molecule has 5 unspecified atom stereocenters. The molecule has 0 aliphatic carbocycles. The van der Waals surface area contributed by atoms with E-state index in [4.69, 9.17) is 30.6 Å². The Morgan fingerprint density at radius 3 is 0.684 bits per heavy atom. The lowest BCUT2D eigenvalue weighted by Crippen LogP contribution is -2.41. The van der Waals surface area contributed by atoms with Crippen LogP contribution in [0, 0.1) is 0 Å². The highest BCUT2D eigenvalue weighted by Gasteiger charge is 2.22. The lowest BCUT2D eigenvalue weighted by Gasteiger charge is -2.09. The Bertz CT molecular complexity index is 709. The van der Waals surface area contributed by atoms with Crippen LogP contribution >= 0.6 is 19.8 Å². The van der Waals surface area contributed by atoms with Crippen LogP contribution in [0.2, 0.25) is 0 Å². The Kier molecular flexibility index (Phi) is 27.3. The zero-order valence-electron chi connectivity index (χ0n) is 20.6. The highest BCUT2D eigenvalue weighted by molar-refractivity contribution is 6.92. The van der Waals surface area contributed by atoms with Crippen LogP contribution < -0.4 is 16.0 Å². The topological polar surface area (TPSA) is 311 Å². The predicted molar refractivity (Wildman–Crippen MR) is 135 cm³/mol. The first-order chi connectivity index (χ1) is 16.3. The van der Waals surface area contributed by atoms with Crippen LogP contribution in [0.15, 0.2) is 0 Å². The highest BCUT2D eigenvalue weighted by Crippen LogP contribution is 1.93. The van der Waals surface area contributed by atoms with Crippen molar-refractivity contribution in [3.63, 3.8) is 0 Å². The molecule has 0 aromatic heterocycles.